The molecule has 0 saturated carbocycles. The van der Waals surface area contributed by atoms with Gasteiger partial charge in [-0.25, -0.2) is 0 Å². The Bertz CT molecular complexity index is 616. The van der Waals surface area contributed by atoms with E-state index in [2.05, 4.69) is 0 Å². The normalized spacial score (nSPS) is 17.1. The maximum Gasteiger partial charge on any atom is 0.314 e. The molecule has 0 fully saturated rings. The molecule has 108 valence electrons. The first-order valence-electron chi connectivity index (χ1n) is 6.78. The Morgan fingerprint density at radius 2 is 2.29 bits per heavy atom. The quantitative estimate of drug-likeness (QED) is 0.626. The monoisotopic (exact) mass is 284 g/mol. The minimum atomic E-state index is -0.429. The third-order valence-corrected chi connectivity index (χ3v) is 3.23. The van der Waals surface area contributed by atoms with Crippen molar-refractivity contribution in [1.29, 1.82) is 5.26 Å². The maximum atomic E-state index is 12.4. The summed E-state index contributed by atoms with van der Waals surface area (Å²) in [4.78, 5) is 25.8. The number of hydrogen-bond acceptors (Lipinski definition) is 4. The lowest BCUT2D eigenvalue weighted by Gasteiger charge is -2.27. The van der Waals surface area contributed by atoms with Crippen LogP contribution in [-0.4, -0.2) is 36.5 Å². The minimum absolute atomic E-state index is 0.189. The second kappa shape index (κ2) is 6.71. The summed E-state index contributed by atoms with van der Waals surface area (Å²) in [6.45, 7) is 2.82. The molecule has 0 saturated heterocycles. The van der Waals surface area contributed by atoms with Crippen molar-refractivity contribution in [3.63, 3.8) is 0 Å². The van der Waals surface area contributed by atoms with Gasteiger partial charge in [-0.15, -0.1) is 0 Å². The Morgan fingerprint density at radius 1 is 1.48 bits per heavy atom. The molecule has 1 aromatic rings. The Labute approximate surface area is 123 Å². The first kappa shape index (κ1) is 14.8. The highest BCUT2D eigenvalue weighted by atomic mass is 16.5. The van der Waals surface area contributed by atoms with Gasteiger partial charge in [0, 0.05) is 18.7 Å². The van der Waals surface area contributed by atoms with Gasteiger partial charge in [0.1, 0.15) is 0 Å². The fraction of sp³-hybridized carbons (Fsp3) is 0.312. The van der Waals surface area contributed by atoms with Gasteiger partial charge in [-0.3, -0.25) is 9.59 Å². The first-order chi connectivity index (χ1) is 10.2. The molecule has 1 aliphatic rings. The van der Waals surface area contributed by atoms with E-state index in [4.69, 9.17) is 10.00 Å². The number of amides is 1. The van der Waals surface area contributed by atoms with Gasteiger partial charge in [-0.05, 0) is 25.1 Å². The number of carbonyl (C=O) groups excluding carboxylic acids is 2. The molecule has 0 aromatic heterocycles. The molecular formula is C16H16N2O3. The van der Waals surface area contributed by atoms with Crippen LogP contribution in [0.15, 0.2) is 36.4 Å². The van der Waals surface area contributed by atoms with Crippen LogP contribution in [0.4, 0.5) is 0 Å². The number of ether oxygens (including phenoxy) is 1. The molecule has 5 nitrogen and oxygen atoms in total. The van der Waals surface area contributed by atoms with Gasteiger partial charge in [0.05, 0.1) is 24.2 Å². The van der Waals surface area contributed by atoms with Gasteiger partial charge in [0.2, 0.25) is 0 Å². The second-order valence-electron chi connectivity index (χ2n) is 4.69. The number of nitriles is 1. The van der Waals surface area contributed by atoms with Crippen LogP contribution in [0.1, 0.15) is 22.8 Å². The third kappa shape index (κ3) is 3.48. The lowest BCUT2D eigenvalue weighted by molar-refractivity contribution is -0.146. The predicted octanol–water partition coefficient (Wildman–Crippen LogP) is 1.75. The zero-order chi connectivity index (χ0) is 15.2. The lowest BCUT2D eigenvalue weighted by Crippen LogP contribution is -2.40. The minimum Gasteiger partial charge on any atom is -0.465 e. The summed E-state index contributed by atoms with van der Waals surface area (Å²) in [5.41, 5.74) is 0.891. The van der Waals surface area contributed by atoms with Gasteiger partial charge < -0.3 is 9.64 Å². The average Bonchev–Trinajstić information content (AvgIpc) is 2.54. The van der Waals surface area contributed by atoms with Crippen molar-refractivity contribution in [3.05, 3.63) is 47.5 Å². The van der Waals surface area contributed by atoms with E-state index in [0.29, 0.717) is 30.8 Å². The van der Waals surface area contributed by atoms with Gasteiger partial charge in [0.25, 0.3) is 5.91 Å². The van der Waals surface area contributed by atoms with Crippen LogP contribution < -0.4 is 0 Å². The molecule has 1 amide bonds. The zero-order valence-corrected chi connectivity index (χ0v) is 11.8. The number of nitrogens with zero attached hydrogens (tertiary/aromatic N) is 2. The van der Waals surface area contributed by atoms with Crippen LogP contribution in [0.2, 0.25) is 0 Å². The van der Waals surface area contributed by atoms with E-state index in [1.165, 1.54) is 0 Å². The van der Waals surface area contributed by atoms with Crippen molar-refractivity contribution in [3.8, 4) is 6.07 Å². The number of rotatable bonds is 3. The van der Waals surface area contributed by atoms with Crippen LogP contribution in [0.25, 0.3) is 0 Å². The number of hydrogen-bond donors (Lipinski definition) is 0. The molecule has 1 aliphatic heterocycles. The van der Waals surface area contributed by atoms with Crippen molar-refractivity contribution in [2.45, 2.75) is 6.92 Å². The van der Waals surface area contributed by atoms with E-state index in [9.17, 15) is 9.59 Å². The van der Waals surface area contributed by atoms with Gasteiger partial charge in [0.15, 0.2) is 0 Å². The van der Waals surface area contributed by atoms with Crippen molar-refractivity contribution >= 4 is 11.9 Å². The molecule has 1 aromatic carbocycles. The lowest BCUT2D eigenvalue weighted by atomic mass is 10.0. The van der Waals surface area contributed by atoms with E-state index in [1.54, 1.807) is 48.2 Å². The highest BCUT2D eigenvalue weighted by molar-refractivity contribution is 5.95. The summed E-state index contributed by atoms with van der Waals surface area (Å²) in [7, 11) is 0. The van der Waals surface area contributed by atoms with Crippen molar-refractivity contribution < 1.29 is 14.3 Å². The van der Waals surface area contributed by atoms with Gasteiger partial charge in [-0.2, -0.15) is 5.26 Å². The fourth-order valence-electron chi connectivity index (χ4n) is 2.20. The SMILES string of the molecule is CCOC(=O)C1C=CCN(C(=O)c2cccc(C#N)c2)C1. The molecule has 0 bridgehead atoms. The molecule has 21 heavy (non-hydrogen) atoms. The Kier molecular flexibility index (Phi) is 4.72. The summed E-state index contributed by atoms with van der Waals surface area (Å²) >= 11 is 0. The summed E-state index contributed by atoms with van der Waals surface area (Å²) in [5, 5.41) is 8.88. The molecule has 1 atom stereocenters. The number of carbonyl (C=O) groups is 2. The van der Waals surface area contributed by atoms with Gasteiger partial charge >= 0.3 is 5.97 Å². The first-order valence-corrected chi connectivity index (χ1v) is 6.78. The van der Waals surface area contributed by atoms with E-state index >= 15 is 0 Å². The average molecular weight is 284 g/mol. The molecule has 1 heterocycles. The van der Waals surface area contributed by atoms with Crippen LogP contribution in [0.5, 0.6) is 0 Å². The maximum absolute atomic E-state index is 12.4. The largest absolute Gasteiger partial charge is 0.465 e. The van der Waals surface area contributed by atoms with Crippen LogP contribution in [0.3, 0.4) is 0 Å². The molecule has 5 heteroatoms. The third-order valence-electron chi connectivity index (χ3n) is 3.23. The second-order valence-corrected chi connectivity index (χ2v) is 4.69. The predicted molar refractivity (Wildman–Crippen MR) is 76.3 cm³/mol. The van der Waals surface area contributed by atoms with E-state index in [1.807, 2.05) is 6.07 Å². The fourth-order valence-corrected chi connectivity index (χ4v) is 2.20. The molecular weight excluding hydrogens is 268 g/mol. The zero-order valence-electron chi connectivity index (χ0n) is 11.8. The number of esters is 1. The molecule has 0 aliphatic carbocycles. The highest BCUT2D eigenvalue weighted by Gasteiger charge is 2.26. The smallest absolute Gasteiger partial charge is 0.314 e. The van der Waals surface area contributed by atoms with E-state index in [0.717, 1.165) is 0 Å². The summed E-state index contributed by atoms with van der Waals surface area (Å²) in [5.74, 6) is -0.940. The van der Waals surface area contributed by atoms with Crippen LogP contribution in [0, 0.1) is 17.2 Å². The molecule has 2 rings (SSSR count). The van der Waals surface area contributed by atoms with E-state index < -0.39 is 5.92 Å². The molecule has 0 spiro atoms. The Balaban J connectivity index is 2.11. The van der Waals surface area contributed by atoms with Crippen molar-refractivity contribution in [2.24, 2.45) is 5.92 Å². The molecule has 1 unspecified atom stereocenters. The van der Waals surface area contributed by atoms with Crippen molar-refractivity contribution in [1.82, 2.24) is 4.90 Å². The number of benzene rings is 1. The summed E-state index contributed by atoms with van der Waals surface area (Å²) in [6.07, 6.45) is 3.56. The summed E-state index contributed by atoms with van der Waals surface area (Å²) < 4.78 is 4.98. The summed E-state index contributed by atoms with van der Waals surface area (Å²) in [6, 6.07) is 8.56. The van der Waals surface area contributed by atoms with Crippen LogP contribution >= 0.6 is 0 Å². The Hall–Kier alpha value is -2.61. The van der Waals surface area contributed by atoms with E-state index in [-0.39, 0.29) is 11.9 Å². The van der Waals surface area contributed by atoms with Gasteiger partial charge in [-0.1, -0.05) is 18.2 Å². The molecule has 0 N–H and O–H groups in total. The van der Waals surface area contributed by atoms with Crippen LogP contribution in [-0.2, 0) is 9.53 Å². The molecule has 0 radical (unpaired) electrons. The standard InChI is InChI=1S/C16H16N2O3/c1-2-21-16(20)14-7-4-8-18(11-14)15(19)13-6-3-5-12(9-13)10-17/h3-7,9,14H,2,8,11H2,1H3. The highest BCUT2D eigenvalue weighted by Crippen LogP contribution is 2.15. The topological polar surface area (TPSA) is 70.4 Å². The Morgan fingerprint density at radius 3 is 3.00 bits per heavy atom. The van der Waals surface area contributed by atoms with Crippen molar-refractivity contribution in [2.75, 3.05) is 19.7 Å².